The van der Waals surface area contributed by atoms with Gasteiger partial charge < -0.3 is 9.88 Å². The van der Waals surface area contributed by atoms with Crippen molar-refractivity contribution in [3.05, 3.63) is 83.2 Å². The number of nitrogens with zero attached hydrogens (tertiary/aromatic N) is 2. The lowest BCUT2D eigenvalue weighted by molar-refractivity contribution is 0.101. The molecule has 8 heteroatoms. The summed E-state index contributed by atoms with van der Waals surface area (Å²) in [6.45, 7) is 0.947. The Hall–Kier alpha value is -3.78. The number of rotatable bonds is 2. The van der Waals surface area contributed by atoms with E-state index in [0.29, 0.717) is 5.69 Å². The highest BCUT2D eigenvalue weighted by molar-refractivity contribution is 7.91. The van der Waals surface area contributed by atoms with E-state index in [4.69, 9.17) is 4.98 Å². The summed E-state index contributed by atoms with van der Waals surface area (Å²) in [4.78, 5) is 30.4. The van der Waals surface area contributed by atoms with Crippen molar-refractivity contribution in [3.63, 3.8) is 0 Å². The van der Waals surface area contributed by atoms with Gasteiger partial charge in [-0.25, -0.2) is 13.4 Å². The molecule has 3 aromatic carbocycles. The number of ketones is 1. The quantitative estimate of drug-likeness (QED) is 0.412. The highest BCUT2D eigenvalue weighted by Gasteiger charge is 2.35. The van der Waals surface area contributed by atoms with Gasteiger partial charge in [0.25, 0.3) is 5.91 Å². The molecule has 170 valence electrons. The number of amides is 1. The first kappa shape index (κ1) is 20.8. The first-order chi connectivity index (χ1) is 16.4. The number of hydrogen-bond donors (Lipinski definition) is 1. The molecule has 0 aliphatic carbocycles. The van der Waals surface area contributed by atoms with Gasteiger partial charge in [-0.05, 0) is 61.4 Å². The van der Waals surface area contributed by atoms with Crippen LogP contribution in [0.25, 0.3) is 11.0 Å². The first-order valence-corrected chi connectivity index (χ1v) is 12.8. The number of imidazole rings is 1. The van der Waals surface area contributed by atoms with Gasteiger partial charge in [0.2, 0.25) is 9.84 Å². The number of carbonyl (C=O) groups excluding carboxylic acids is 2. The van der Waals surface area contributed by atoms with E-state index in [9.17, 15) is 18.0 Å². The van der Waals surface area contributed by atoms with Crippen molar-refractivity contribution in [1.82, 2.24) is 9.55 Å². The Labute approximate surface area is 196 Å². The maximum atomic E-state index is 13.1. The number of aromatic nitrogens is 2. The van der Waals surface area contributed by atoms with Crippen LogP contribution >= 0.6 is 0 Å². The van der Waals surface area contributed by atoms with Gasteiger partial charge in [0.15, 0.2) is 5.78 Å². The zero-order valence-corrected chi connectivity index (χ0v) is 19.1. The molecule has 1 N–H and O–H groups in total. The second-order valence-corrected chi connectivity index (χ2v) is 10.6. The third-order valence-electron chi connectivity index (χ3n) is 6.57. The summed E-state index contributed by atoms with van der Waals surface area (Å²) in [7, 11) is -3.91. The molecule has 6 rings (SSSR count). The molecule has 2 aliphatic heterocycles. The van der Waals surface area contributed by atoms with Gasteiger partial charge in [0.05, 0.1) is 20.8 Å². The Balaban J connectivity index is 1.33. The number of anilines is 1. The van der Waals surface area contributed by atoms with Crippen LogP contribution in [-0.2, 0) is 22.8 Å². The maximum absolute atomic E-state index is 13.1. The Morgan fingerprint density at radius 3 is 2.62 bits per heavy atom. The van der Waals surface area contributed by atoms with Crippen LogP contribution in [0.15, 0.2) is 70.5 Å². The van der Waals surface area contributed by atoms with Crippen LogP contribution in [-0.4, -0.2) is 29.7 Å². The number of aryl methyl sites for hydroxylation is 2. The molecule has 1 aromatic heterocycles. The molecule has 0 atom stereocenters. The fraction of sp³-hybridized carbons (Fsp3) is 0.192. The van der Waals surface area contributed by atoms with Gasteiger partial charge in [-0.3, -0.25) is 9.59 Å². The first-order valence-electron chi connectivity index (χ1n) is 11.3. The summed E-state index contributed by atoms with van der Waals surface area (Å²) in [5.41, 5.74) is 2.84. The minimum absolute atomic E-state index is 0.0324. The van der Waals surface area contributed by atoms with Crippen molar-refractivity contribution in [2.45, 2.75) is 42.0 Å². The lowest BCUT2D eigenvalue weighted by Gasteiger charge is -2.19. The molecule has 0 saturated carbocycles. The standard InChI is InChI=1S/C26H21N3O4S/c30-25-18-6-3-4-7-22(18)34(32,33)23-14-16(9-11-19(23)25)26(31)27-17-10-12-21-20(15-17)28-24-8-2-1-5-13-29(21)24/h3-4,6-7,9-12,14-15H,1-2,5,8,13H2,(H,27,31). The molecule has 2 aliphatic rings. The number of fused-ring (bicyclic) bond motifs is 5. The number of benzene rings is 3. The van der Waals surface area contributed by atoms with E-state index in [-0.39, 0.29) is 32.3 Å². The van der Waals surface area contributed by atoms with Crippen molar-refractivity contribution in [2.24, 2.45) is 0 Å². The molecule has 0 saturated heterocycles. The lowest BCUT2D eigenvalue weighted by Crippen LogP contribution is -2.21. The molecule has 3 heterocycles. The number of sulfone groups is 1. The topological polar surface area (TPSA) is 98.1 Å². The molecule has 0 radical (unpaired) electrons. The molecule has 0 bridgehead atoms. The van der Waals surface area contributed by atoms with E-state index in [2.05, 4.69) is 9.88 Å². The van der Waals surface area contributed by atoms with E-state index in [1.807, 2.05) is 18.2 Å². The molecule has 0 fully saturated rings. The normalized spacial score (nSPS) is 16.3. The molecular formula is C26H21N3O4S. The Bertz CT molecular complexity index is 1620. The highest BCUT2D eigenvalue weighted by atomic mass is 32.2. The second kappa shape index (κ2) is 7.63. The molecule has 1 amide bonds. The average molecular weight is 472 g/mol. The second-order valence-electron chi connectivity index (χ2n) is 8.69. The Morgan fingerprint density at radius 1 is 0.912 bits per heavy atom. The summed E-state index contributed by atoms with van der Waals surface area (Å²) in [6.07, 6.45) is 4.40. The minimum Gasteiger partial charge on any atom is -0.328 e. The van der Waals surface area contributed by atoms with Crippen molar-refractivity contribution in [1.29, 1.82) is 0 Å². The summed E-state index contributed by atoms with van der Waals surface area (Å²) < 4.78 is 28.5. The Morgan fingerprint density at radius 2 is 1.74 bits per heavy atom. The van der Waals surface area contributed by atoms with Crippen molar-refractivity contribution >= 4 is 38.2 Å². The number of hydrogen-bond acceptors (Lipinski definition) is 5. The lowest BCUT2D eigenvalue weighted by atomic mass is 10.0. The van der Waals surface area contributed by atoms with Gasteiger partial charge in [-0.1, -0.05) is 18.6 Å². The van der Waals surface area contributed by atoms with Gasteiger partial charge in [-0.2, -0.15) is 0 Å². The van der Waals surface area contributed by atoms with Crippen LogP contribution in [0, 0.1) is 0 Å². The summed E-state index contributed by atoms with van der Waals surface area (Å²) in [6, 6.07) is 15.9. The SMILES string of the molecule is O=C(Nc1ccc2c(c1)nc1n2CCCCC1)c1ccc2c(c1)S(=O)(=O)c1ccccc1C2=O. The third-order valence-corrected chi connectivity index (χ3v) is 8.42. The molecule has 4 aromatic rings. The van der Waals surface area contributed by atoms with Crippen LogP contribution in [0.5, 0.6) is 0 Å². The van der Waals surface area contributed by atoms with Crippen molar-refractivity contribution in [2.75, 3.05) is 5.32 Å². The van der Waals surface area contributed by atoms with Gasteiger partial charge in [0.1, 0.15) is 5.82 Å². The van der Waals surface area contributed by atoms with Crippen LogP contribution in [0.1, 0.15) is 51.4 Å². The van der Waals surface area contributed by atoms with Crippen LogP contribution in [0.3, 0.4) is 0 Å². The monoisotopic (exact) mass is 471 g/mol. The van der Waals surface area contributed by atoms with Crippen LogP contribution < -0.4 is 5.32 Å². The van der Waals surface area contributed by atoms with E-state index in [0.717, 1.165) is 42.7 Å². The maximum Gasteiger partial charge on any atom is 0.255 e. The summed E-state index contributed by atoms with van der Waals surface area (Å²) in [5.74, 6) is 0.252. The molecule has 0 spiro atoms. The van der Waals surface area contributed by atoms with E-state index < -0.39 is 15.7 Å². The molecule has 0 unspecified atom stereocenters. The fourth-order valence-electron chi connectivity index (χ4n) is 4.86. The largest absolute Gasteiger partial charge is 0.328 e. The zero-order valence-electron chi connectivity index (χ0n) is 18.2. The molecule has 7 nitrogen and oxygen atoms in total. The van der Waals surface area contributed by atoms with Crippen molar-refractivity contribution < 1.29 is 18.0 Å². The summed E-state index contributed by atoms with van der Waals surface area (Å²) in [5, 5.41) is 2.84. The fourth-order valence-corrected chi connectivity index (χ4v) is 6.53. The van der Waals surface area contributed by atoms with Gasteiger partial charge in [-0.15, -0.1) is 0 Å². The predicted molar refractivity (Wildman–Crippen MR) is 127 cm³/mol. The zero-order chi connectivity index (χ0) is 23.4. The van der Waals surface area contributed by atoms with Gasteiger partial charge in [0, 0.05) is 35.3 Å². The molecular weight excluding hydrogens is 450 g/mol. The van der Waals surface area contributed by atoms with E-state index in [1.54, 1.807) is 12.1 Å². The minimum atomic E-state index is -3.91. The molecule has 34 heavy (non-hydrogen) atoms. The van der Waals surface area contributed by atoms with E-state index >= 15 is 0 Å². The Kier molecular flexibility index (Phi) is 4.67. The third kappa shape index (κ3) is 3.17. The van der Waals surface area contributed by atoms with E-state index in [1.165, 1.54) is 36.8 Å². The van der Waals surface area contributed by atoms with Crippen LogP contribution in [0.4, 0.5) is 5.69 Å². The average Bonchev–Trinajstić information content (AvgIpc) is 3.02. The number of nitrogens with one attached hydrogen (secondary N) is 1. The van der Waals surface area contributed by atoms with Gasteiger partial charge >= 0.3 is 0 Å². The summed E-state index contributed by atoms with van der Waals surface area (Å²) >= 11 is 0. The number of carbonyl (C=O) groups is 2. The van der Waals surface area contributed by atoms with Crippen molar-refractivity contribution in [3.8, 4) is 0 Å². The van der Waals surface area contributed by atoms with Crippen LogP contribution in [0.2, 0.25) is 0 Å². The highest BCUT2D eigenvalue weighted by Crippen LogP contribution is 2.35. The predicted octanol–water partition coefficient (Wildman–Crippen LogP) is 4.39. The smallest absolute Gasteiger partial charge is 0.255 e.